The molecule has 0 aliphatic heterocycles. The van der Waals surface area contributed by atoms with Crippen molar-refractivity contribution in [2.24, 2.45) is 5.41 Å². The monoisotopic (exact) mass is 282 g/mol. The highest BCUT2D eigenvalue weighted by Gasteiger charge is 2.49. The molecule has 2 rings (SSSR count). The van der Waals surface area contributed by atoms with Crippen molar-refractivity contribution < 1.29 is 9.53 Å². The SMILES string of the molecule is COC1CC(NC(C)C(=O)NC2CCCCC2)C1(C)C. The maximum atomic E-state index is 12.2. The topological polar surface area (TPSA) is 50.4 Å². The van der Waals surface area contributed by atoms with E-state index in [0.717, 1.165) is 19.3 Å². The van der Waals surface area contributed by atoms with Gasteiger partial charge in [-0.2, -0.15) is 0 Å². The van der Waals surface area contributed by atoms with E-state index in [1.807, 2.05) is 6.92 Å². The largest absolute Gasteiger partial charge is 0.381 e. The lowest BCUT2D eigenvalue weighted by Gasteiger charge is -2.52. The first kappa shape index (κ1) is 15.8. The minimum Gasteiger partial charge on any atom is -0.381 e. The van der Waals surface area contributed by atoms with Crippen molar-refractivity contribution in [3.63, 3.8) is 0 Å². The highest BCUT2D eigenvalue weighted by molar-refractivity contribution is 5.81. The van der Waals surface area contributed by atoms with Gasteiger partial charge in [-0.1, -0.05) is 33.1 Å². The first-order valence-corrected chi connectivity index (χ1v) is 8.04. The van der Waals surface area contributed by atoms with Gasteiger partial charge >= 0.3 is 0 Å². The first-order chi connectivity index (χ1) is 9.45. The Balaban J connectivity index is 1.77. The second kappa shape index (κ2) is 6.44. The molecular formula is C16H30N2O2. The average molecular weight is 282 g/mol. The molecule has 1 amide bonds. The number of carbonyl (C=O) groups is 1. The van der Waals surface area contributed by atoms with E-state index in [1.165, 1.54) is 19.3 Å². The van der Waals surface area contributed by atoms with Gasteiger partial charge in [0.1, 0.15) is 0 Å². The van der Waals surface area contributed by atoms with Crippen LogP contribution >= 0.6 is 0 Å². The van der Waals surface area contributed by atoms with Crippen molar-refractivity contribution in [2.75, 3.05) is 7.11 Å². The molecule has 0 aromatic heterocycles. The third kappa shape index (κ3) is 3.34. The van der Waals surface area contributed by atoms with Crippen LogP contribution < -0.4 is 10.6 Å². The maximum Gasteiger partial charge on any atom is 0.237 e. The van der Waals surface area contributed by atoms with E-state index in [4.69, 9.17) is 4.74 Å². The highest BCUT2D eigenvalue weighted by atomic mass is 16.5. The zero-order valence-corrected chi connectivity index (χ0v) is 13.4. The second-order valence-electron chi connectivity index (χ2n) is 7.07. The summed E-state index contributed by atoms with van der Waals surface area (Å²) in [6, 6.07) is 0.625. The lowest BCUT2D eigenvalue weighted by atomic mass is 9.64. The standard InChI is InChI=1S/C16H30N2O2/c1-11(15(19)18-12-8-6-5-7-9-12)17-13-10-14(20-4)16(13,2)3/h11-14,17H,5-10H2,1-4H3,(H,18,19). The zero-order chi connectivity index (χ0) is 14.8. The van der Waals surface area contributed by atoms with Crippen LogP contribution in [-0.2, 0) is 9.53 Å². The van der Waals surface area contributed by atoms with Gasteiger partial charge in [-0.05, 0) is 26.2 Å². The van der Waals surface area contributed by atoms with E-state index < -0.39 is 0 Å². The summed E-state index contributed by atoms with van der Waals surface area (Å²) in [5.74, 6) is 0.147. The fraction of sp³-hybridized carbons (Fsp3) is 0.938. The number of amides is 1. The molecule has 3 atom stereocenters. The van der Waals surface area contributed by atoms with E-state index in [1.54, 1.807) is 7.11 Å². The van der Waals surface area contributed by atoms with Crippen molar-refractivity contribution in [1.29, 1.82) is 0 Å². The van der Waals surface area contributed by atoms with Crippen molar-refractivity contribution >= 4 is 5.91 Å². The summed E-state index contributed by atoms with van der Waals surface area (Å²) in [6.45, 7) is 6.37. The van der Waals surface area contributed by atoms with Crippen LogP contribution in [0.25, 0.3) is 0 Å². The van der Waals surface area contributed by atoms with Gasteiger partial charge < -0.3 is 15.4 Å². The van der Waals surface area contributed by atoms with Crippen LogP contribution in [0.3, 0.4) is 0 Å². The van der Waals surface area contributed by atoms with Crippen molar-refractivity contribution in [1.82, 2.24) is 10.6 Å². The Morgan fingerprint density at radius 1 is 1.25 bits per heavy atom. The fourth-order valence-corrected chi connectivity index (χ4v) is 3.52. The predicted molar refractivity (Wildman–Crippen MR) is 80.6 cm³/mol. The van der Waals surface area contributed by atoms with Crippen LogP contribution in [0, 0.1) is 5.41 Å². The van der Waals surface area contributed by atoms with Gasteiger partial charge in [0, 0.05) is 24.6 Å². The Morgan fingerprint density at radius 2 is 1.90 bits per heavy atom. The van der Waals surface area contributed by atoms with E-state index in [9.17, 15) is 4.79 Å². The van der Waals surface area contributed by atoms with Gasteiger partial charge in [-0.15, -0.1) is 0 Å². The summed E-state index contributed by atoms with van der Waals surface area (Å²) in [6.07, 6.45) is 7.38. The van der Waals surface area contributed by atoms with Crippen molar-refractivity contribution in [3.8, 4) is 0 Å². The molecule has 2 saturated carbocycles. The molecule has 2 fully saturated rings. The molecule has 0 aromatic carbocycles. The lowest BCUT2D eigenvalue weighted by Crippen LogP contribution is -2.64. The van der Waals surface area contributed by atoms with Crippen molar-refractivity contribution in [2.45, 2.75) is 83.5 Å². The fourth-order valence-electron chi connectivity index (χ4n) is 3.52. The minimum atomic E-state index is -0.126. The van der Waals surface area contributed by atoms with Gasteiger partial charge in [0.15, 0.2) is 0 Å². The van der Waals surface area contributed by atoms with Gasteiger partial charge in [-0.25, -0.2) is 0 Å². The molecule has 2 aliphatic rings. The number of methoxy groups -OCH3 is 1. The molecule has 0 radical (unpaired) electrons. The van der Waals surface area contributed by atoms with Crippen LogP contribution in [0.1, 0.15) is 59.3 Å². The third-order valence-corrected chi connectivity index (χ3v) is 5.26. The molecule has 20 heavy (non-hydrogen) atoms. The Hall–Kier alpha value is -0.610. The number of carbonyl (C=O) groups excluding carboxylic acids is 1. The molecule has 0 saturated heterocycles. The average Bonchev–Trinajstić information content (AvgIpc) is 2.43. The summed E-state index contributed by atoms with van der Waals surface area (Å²) in [4.78, 5) is 12.2. The Bertz CT molecular complexity index is 337. The van der Waals surface area contributed by atoms with Gasteiger partial charge in [0.2, 0.25) is 5.91 Å². The van der Waals surface area contributed by atoms with Crippen LogP contribution in [0.15, 0.2) is 0 Å². The van der Waals surface area contributed by atoms with E-state index >= 15 is 0 Å². The molecule has 0 bridgehead atoms. The van der Waals surface area contributed by atoms with Gasteiger partial charge in [-0.3, -0.25) is 4.79 Å². The maximum absolute atomic E-state index is 12.2. The number of ether oxygens (including phenoxy) is 1. The molecule has 0 aromatic rings. The predicted octanol–water partition coefficient (Wildman–Crippen LogP) is 2.23. The zero-order valence-electron chi connectivity index (χ0n) is 13.4. The van der Waals surface area contributed by atoms with Crippen LogP contribution in [-0.4, -0.2) is 37.2 Å². The van der Waals surface area contributed by atoms with Crippen molar-refractivity contribution in [3.05, 3.63) is 0 Å². The summed E-state index contributed by atoms with van der Waals surface area (Å²) in [5.41, 5.74) is 0.105. The molecule has 0 heterocycles. The van der Waals surface area contributed by atoms with Gasteiger partial charge in [0.25, 0.3) is 0 Å². The Morgan fingerprint density at radius 3 is 2.45 bits per heavy atom. The summed E-state index contributed by atoms with van der Waals surface area (Å²) < 4.78 is 5.45. The third-order valence-electron chi connectivity index (χ3n) is 5.26. The van der Waals surface area contributed by atoms with E-state index in [2.05, 4.69) is 24.5 Å². The molecule has 3 unspecified atom stereocenters. The smallest absolute Gasteiger partial charge is 0.237 e. The molecule has 4 nitrogen and oxygen atoms in total. The highest BCUT2D eigenvalue weighted by Crippen LogP contribution is 2.42. The molecule has 2 N–H and O–H groups in total. The number of rotatable bonds is 5. The minimum absolute atomic E-state index is 0.105. The summed E-state index contributed by atoms with van der Waals surface area (Å²) in [5, 5.41) is 6.66. The second-order valence-corrected chi connectivity index (χ2v) is 7.07. The van der Waals surface area contributed by atoms with Crippen LogP contribution in [0.4, 0.5) is 0 Å². The molecular weight excluding hydrogens is 252 g/mol. The van der Waals surface area contributed by atoms with Gasteiger partial charge in [0.05, 0.1) is 12.1 Å². The summed E-state index contributed by atoms with van der Waals surface area (Å²) in [7, 11) is 1.77. The lowest BCUT2D eigenvalue weighted by molar-refractivity contribution is -0.128. The summed E-state index contributed by atoms with van der Waals surface area (Å²) >= 11 is 0. The quantitative estimate of drug-likeness (QED) is 0.813. The first-order valence-electron chi connectivity index (χ1n) is 8.04. The molecule has 2 aliphatic carbocycles. The number of hydrogen-bond acceptors (Lipinski definition) is 3. The van der Waals surface area contributed by atoms with E-state index in [0.29, 0.717) is 18.2 Å². The Kier molecular flexibility index (Phi) is 5.08. The molecule has 116 valence electrons. The number of nitrogens with one attached hydrogen (secondary N) is 2. The van der Waals surface area contributed by atoms with Crippen LogP contribution in [0.2, 0.25) is 0 Å². The normalized spacial score (nSPS) is 31.4. The Labute approximate surface area is 123 Å². The number of hydrogen-bond donors (Lipinski definition) is 2. The molecule has 4 heteroatoms. The molecule has 0 spiro atoms. The van der Waals surface area contributed by atoms with E-state index in [-0.39, 0.29) is 17.4 Å². The van der Waals surface area contributed by atoms with Crippen LogP contribution in [0.5, 0.6) is 0 Å².